The fraction of sp³-hybridized carbons (Fsp3) is 0.455. The predicted molar refractivity (Wildman–Crippen MR) is 108 cm³/mol. The standard InChI is InChI=1S/C22H29NO.ClH/c1-24-22-10-6-5-9-21(22)12-11-20-14-17-23(18-15-20)16-13-19-7-3-2-4-8-19;/h2-10,20H,11-18H2,1H3;1H. The zero-order valence-electron chi connectivity index (χ0n) is 15.2. The van der Waals surface area contributed by atoms with E-state index in [4.69, 9.17) is 4.74 Å². The van der Waals surface area contributed by atoms with Crippen LogP contribution in [0.4, 0.5) is 0 Å². The molecule has 0 aliphatic carbocycles. The third kappa shape index (κ3) is 6.05. The van der Waals surface area contributed by atoms with Crippen LogP contribution in [0.3, 0.4) is 0 Å². The lowest BCUT2D eigenvalue weighted by molar-refractivity contribution is 0.181. The van der Waals surface area contributed by atoms with E-state index in [1.807, 2.05) is 6.07 Å². The number of benzene rings is 2. The second kappa shape index (κ2) is 10.5. The molecule has 0 saturated carbocycles. The number of likely N-dealkylation sites (tertiary alicyclic amines) is 1. The normalized spacial score (nSPS) is 15.6. The third-order valence-corrected chi connectivity index (χ3v) is 5.28. The Bertz CT molecular complexity index is 608. The summed E-state index contributed by atoms with van der Waals surface area (Å²) < 4.78 is 5.47. The second-order valence-electron chi connectivity index (χ2n) is 6.87. The van der Waals surface area contributed by atoms with E-state index in [0.717, 1.165) is 18.1 Å². The molecule has 3 rings (SSSR count). The summed E-state index contributed by atoms with van der Waals surface area (Å²) in [6.07, 6.45) is 6.27. The maximum absolute atomic E-state index is 5.47. The van der Waals surface area contributed by atoms with E-state index in [1.165, 1.54) is 56.4 Å². The average Bonchev–Trinajstić information content (AvgIpc) is 2.66. The van der Waals surface area contributed by atoms with Gasteiger partial charge in [-0.05, 0) is 68.3 Å². The van der Waals surface area contributed by atoms with Gasteiger partial charge in [0.05, 0.1) is 7.11 Å². The van der Waals surface area contributed by atoms with Gasteiger partial charge in [-0.2, -0.15) is 0 Å². The summed E-state index contributed by atoms with van der Waals surface area (Å²) >= 11 is 0. The van der Waals surface area contributed by atoms with E-state index in [9.17, 15) is 0 Å². The minimum absolute atomic E-state index is 0. The number of nitrogens with zero attached hydrogens (tertiary/aromatic N) is 1. The number of methoxy groups -OCH3 is 1. The molecule has 0 bridgehead atoms. The van der Waals surface area contributed by atoms with Gasteiger partial charge in [0.15, 0.2) is 0 Å². The molecule has 2 aromatic rings. The highest BCUT2D eigenvalue weighted by molar-refractivity contribution is 5.85. The molecule has 1 aliphatic heterocycles. The molecule has 1 saturated heterocycles. The van der Waals surface area contributed by atoms with Crippen molar-refractivity contribution in [2.45, 2.75) is 32.1 Å². The minimum atomic E-state index is 0. The van der Waals surface area contributed by atoms with Crippen molar-refractivity contribution in [1.29, 1.82) is 0 Å². The first-order chi connectivity index (χ1) is 11.8. The summed E-state index contributed by atoms with van der Waals surface area (Å²) in [6.45, 7) is 3.70. The molecule has 1 aliphatic rings. The maximum atomic E-state index is 5.47. The van der Waals surface area contributed by atoms with E-state index < -0.39 is 0 Å². The van der Waals surface area contributed by atoms with Gasteiger partial charge in [0.25, 0.3) is 0 Å². The number of hydrogen-bond donors (Lipinski definition) is 0. The first kappa shape index (κ1) is 19.8. The molecule has 0 N–H and O–H groups in total. The van der Waals surface area contributed by atoms with Crippen LogP contribution in [-0.2, 0) is 12.8 Å². The van der Waals surface area contributed by atoms with E-state index >= 15 is 0 Å². The lowest BCUT2D eigenvalue weighted by atomic mass is 9.90. The van der Waals surface area contributed by atoms with E-state index in [-0.39, 0.29) is 12.4 Å². The summed E-state index contributed by atoms with van der Waals surface area (Å²) in [4.78, 5) is 2.63. The van der Waals surface area contributed by atoms with Gasteiger partial charge in [0, 0.05) is 6.54 Å². The molecule has 0 radical (unpaired) electrons. The number of halogens is 1. The van der Waals surface area contributed by atoms with Gasteiger partial charge < -0.3 is 9.64 Å². The molecular formula is C22H30ClNO. The highest BCUT2D eigenvalue weighted by atomic mass is 35.5. The quantitative estimate of drug-likeness (QED) is 0.689. The van der Waals surface area contributed by atoms with Crippen molar-refractivity contribution in [2.24, 2.45) is 5.92 Å². The smallest absolute Gasteiger partial charge is 0.122 e. The first-order valence-electron chi connectivity index (χ1n) is 9.23. The Balaban J connectivity index is 0.00000225. The molecule has 3 heteroatoms. The van der Waals surface area contributed by atoms with Crippen LogP contribution in [0.15, 0.2) is 54.6 Å². The van der Waals surface area contributed by atoms with Crippen molar-refractivity contribution in [1.82, 2.24) is 4.90 Å². The van der Waals surface area contributed by atoms with Gasteiger partial charge in [0.1, 0.15) is 5.75 Å². The molecule has 136 valence electrons. The maximum Gasteiger partial charge on any atom is 0.122 e. The molecule has 2 aromatic carbocycles. The number of aryl methyl sites for hydroxylation is 1. The molecule has 0 aromatic heterocycles. The van der Waals surface area contributed by atoms with Crippen LogP contribution in [0.2, 0.25) is 0 Å². The third-order valence-electron chi connectivity index (χ3n) is 5.28. The molecule has 1 heterocycles. The summed E-state index contributed by atoms with van der Waals surface area (Å²) in [7, 11) is 1.77. The SMILES string of the molecule is COc1ccccc1CCC1CCN(CCc2ccccc2)CC1.Cl. The van der Waals surface area contributed by atoms with Crippen molar-refractivity contribution in [3.05, 3.63) is 65.7 Å². The van der Waals surface area contributed by atoms with Gasteiger partial charge in [-0.3, -0.25) is 0 Å². The molecule has 1 fully saturated rings. The highest BCUT2D eigenvalue weighted by Crippen LogP contribution is 2.25. The number of piperidine rings is 1. The van der Waals surface area contributed by atoms with Crippen molar-refractivity contribution < 1.29 is 4.74 Å². The average molecular weight is 360 g/mol. The van der Waals surface area contributed by atoms with Crippen molar-refractivity contribution in [2.75, 3.05) is 26.7 Å². The van der Waals surface area contributed by atoms with Gasteiger partial charge >= 0.3 is 0 Å². The van der Waals surface area contributed by atoms with E-state index in [2.05, 4.69) is 53.4 Å². The van der Waals surface area contributed by atoms with Crippen molar-refractivity contribution in [3.63, 3.8) is 0 Å². The monoisotopic (exact) mass is 359 g/mol. The van der Waals surface area contributed by atoms with Gasteiger partial charge in [-0.15, -0.1) is 12.4 Å². The fourth-order valence-electron chi connectivity index (χ4n) is 3.70. The highest BCUT2D eigenvalue weighted by Gasteiger charge is 2.19. The molecule has 2 nitrogen and oxygen atoms in total. The Labute approximate surface area is 158 Å². The number of hydrogen-bond acceptors (Lipinski definition) is 2. The summed E-state index contributed by atoms with van der Waals surface area (Å²) in [6, 6.07) is 19.3. The molecule has 0 unspecified atom stereocenters. The summed E-state index contributed by atoms with van der Waals surface area (Å²) in [5, 5.41) is 0. The number of rotatable bonds is 7. The van der Waals surface area contributed by atoms with Gasteiger partial charge in [0.2, 0.25) is 0 Å². The van der Waals surface area contributed by atoms with Crippen LogP contribution in [0.25, 0.3) is 0 Å². The first-order valence-corrected chi connectivity index (χ1v) is 9.23. The second-order valence-corrected chi connectivity index (χ2v) is 6.87. The lowest BCUT2D eigenvalue weighted by Crippen LogP contribution is -2.35. The van der Waals surface area contributed by atoms with Gasteiger partial charge in [-0.1, -0.05) is 48.5 Å². The topological polar surface area (TPSA) is 12.5 Å². The lowest BCUT2D eigenvalue weighted by Gasteiger charge is -2.32. The van der Waals surface area contributed by atoms with Crippen molar-refractivity contribution in [3.8, 4) is 5.75 Å². The Morgan fingerprint density at radius 2 is 1.60 bits per heavy atom. The molecule has 25 heavy (non-hydrogen) atoms. The number of ether oxygens (including phenoxy) is 1. The minimum Gasteiger partial charge on any atom is -0.496 e. The van der Waals surface area contributed by atoms with Crippen LogP contribution in [0.5, 0.6) is 5.75 Å². The van der Waals surface area contributed by atoms with Crippen LogP contribution < -0.4 is 4.74 Å². The summed E-state index contributed by atoms with van der Waals surface area (Å²) in [5.74, 6) is 1.90. The largest absolute Gasteiger partial charge is 0.496 e. The van der Waals surface area contributed by atoms with Crippen LogP contribution >= 0.6 is 12.4 Å². The zero-order valence-corrected chi connectivity index (χ0v) is 16.0. The Hall–Kier alpha value is -1.51. The van der Waals surface area contributed by atoms with Crippen LogP contribution in [-0.4, -0.2) is 31.6 Å². The molecule has 0 atom stereocenters. The summed E-state index contributed by atoms with van der Waals surface area (Å²) in [5.41, 5.74) is 2.81. The fourth-order valence-corrected chi connectivity index (χ4v) is 3.70. The van der Waals surface area contributed by atoms with Gasteiger partial charge in [-0.25, -0.2) is 0 Å². The van der Waals surface area contributed by atoms with Crippen molar-refractivity contribution >= 4 is 12.4 Å². The van der Waals surface area contributed by atoms with Crippen LogP contribution in [0, 0.1) is 5.92 Å². The predicted octanol–water partition coefficient (Wildman–Crippen LogP) is 5.00. The molecular weight excluding hydrogens is 330 g/mol. The Morgan fingerprint density at radius 3 is 2.32 bits per heavy atom. The Kier molecular flexibility index (Phi) is 8.30. The zero-order chi connectivity index (χ0) is 16.6. The molecule has 0 amide bonds. The van der Waals surface area contributed by atoms with E-state index in [0.29, 0.717) is 0 Å². The van der Waals surface area contributed by atoms with E-state index in [1.54, 1.807) is 7.11 Å². The number of para-hydroxylation sites is 1. The Morgan fingerprint density at radius 1 is 0.920 bits per heavy atom. The molecule has 0 spiro atoms. The van der Waals surface area contributed by atoms with Crippen LogP contribution in [0.1, 0.15) is 30.4 Å².